The second kappa shape index (κ2) is 7.07. The highest BCUT2D eigenvalue weighted by Gasteiger charge is 2.43. The number of carbonyl (C=O) groups is 2. The molecule has 1 heterocycles. The third-order valence-electron chi connectivity index (χ3n) is 4.66. The van der Waals surface area contributed by atoms with Crippen molar-refractivity contribution in [2.24, 2.45) is 0 Å². The van der Waals surface area contributed by atoms with Gasteiger partial charge < -0.3 is 19.3 Å². The van der Waals surface area contributed by atoms with Crippen molar-refractivity contribution in [2.45, 2.75) is 64.1 Å². The van der Waals surface area contributed by atoms with Gasteiger partial charge in [0.1, 0.15) is 11.2 Å². The number of hydrogen-bond acceptors (Lipinski definition) is 4. The molecular formula is C17H30N2O4. The summed E-state index contributed by atoms with van der Waals surface area (Å²) in [5.41, 5.74) is -1.14. The molecule has 0 unspecified atom stereocenters. The third kappa shape index (κ3) is 4.37. The maximum absolute atomic E-state index is 12.9. The van der Waals surface area contributed by atoms with Gasteiger partial charge in [0.05, 0.1) is 0 Å². The van der Waals surface area contributed by atoms with E-state index in [-0.39, 0.29) is 12.0 Å². The predicted molar refractivity (Wildman–Crippen MR) is 87.2 cm³/mol. The minimum absolute atomic E-state index is 0.0866. The zero-order valence-corrected chi connectivity index (χ0v) is 14.9. The van der Waals surface area contributed by atoms with Gasteiger partial charge in [-0.1, -0.05) is 19.3 Å². The Balaban J connectivity index is 1.91. The van der Waals surface area contributed by atoms with E-state index < -0.39 is 11.2 Å². The normalized spacial score (nSPS) is 21.9. The van der Waals surface area contributed by atoms with Gasteiger partial charge in [0, 0.05) is 33.3 Å². The molecule has 1 saturated carbocycles. The van der Waals surface area contributed by atoms with Crippen LogP contribution in [0.2, 0.25) is 0 Å². The fraction of sp³-hybridized carbons (Fsp3) is 0.882. The first-order valence-electron chi connectivity index (χ1n) is 8.60. The second-order valence-corrected chi connectivity index (χ2v) is 7.52. The Kier molecular flexibility index (Phi) is 5.55. The van der Waals surface area contributed by atoms with Crippen LogP contribution in [0.15, 0.2) is 0 Å². The molecule has 0 bridgehead atoms. The summed E-state index contributed by atoms with van der Waals surface area (Å²) >= 11 is 0. The quantitative estimate of drug-likeness (QED) is 0.782. The molecule has 1 saturated heterocycles. The van der Waals surface area contributed by atoms with Crippen molar-refractivity contribution in [2.75, 3.05) is 33.3 Å². The average Bonchev–Trinajstić information content (AvgIpc) is 2.53. The molecule has 0 N–H and O–H groups in total. The summed E-state index contributed by atoms with van der Waals surface area (Å²) in [5, 5.41) is 0. The van der Waals surface area contributed by atoms with Gasteiger partial charge >= 0.3 is 6.09 Å². The van der Waals surface area contributed by atoms with E-state index in [2.05, 4.69) is 0 Å². The van der Waals surface area contributed by atoms with Crippen LogP contribution in [0.25, 0.3) is 0 Å². The van der Waals surface area contributed by atoms with Crippen molar-refractivity contribution in [1.29, 1.82) is 0 Å². The van der Waals surface area contributed by atoms with Crippen molar-refractivity contribution >= 4 is 12.0 Å². The van der Waals surface area contributed by atoms with Gasteiger partial charge in [0.25, 0.3) is 5.91 Å². The summed E-state index contributed by atoms with van der Waals surface area (Å²) in [5.74, 6) is 0.0866. The van der Waals surface area contributed by atoms with Gasteiger partial charge in [-0.15, -0.1) is 0 Å². The molecule has 0 aromatic rings. The van der Waals surface area contributed by atoms with E-state index in [0.29, 0.717) is 26.2 Å². The lowest BCUT2D eigenvalue weighted by Gasteiger charge is -2.42. The highest BCUT2D eigenvalue weighted by Crippen LogP contribution is 2.33. The predicted octanol–water partition coefficient (Wildman–Crippen LogP) is 2.42. The van der Waals surface area contributed by atoms with Crippen molar-refractivity contribution in [1.82, 2.24) is 9.80 Å². The lowest BCUT2D eigenvalue weighted by atomic mass is 9.83. The maximum atomic E-state index is 12.9. The molecule has 23 heavy (non-hydrogen) atoms. The van der Waals surface area contributed by atoms with Crippen molar-refractivity contribution in [3.05, 3.63) is 0 Å². The van der Waals surface area contributed by atoms with Crippen LogP contribution in [-0.2, 0) is 14.3 Å². The Morgan fingerprint density at radius 1 is 0.913 bits per heavy atom. The summed E-state index contributed by atoms with van der Waals surface area (Å²) in [6.07, 6.45) is 4.55. The van der Waals surface area contributed by atoms with Crippen LogP contribution in [0, 0.1) is 0 Å². The molecule has 6 heteroatoms. The molecule has 0 aromatic heterocycles. The van der Waals surface area contributed by atoms with Gasteiger partial charge in [-0.05, 0) is 33.6 Å². The Hall–Kier alpha value is -1.30. The van der Waals surface area contributed by atoms with Gasteiger partial charge in [0.2, 0.25) is 0 Å². The molecule has 0 aromatic carbocycles. The highest BCUT2D eigenvalue weighted by molar-refractivity contribution is 5.85. The number of ether oxygens (including phenoxy) is 2. The molecule has 0 atom stereocenters. The zero-order chi connectivity index (χ0) is 17.1. The number of nitrogens with zero attached hydrogens (tertiary/aromatic N) is 2. The standard InChI is InChI=1S/C17H30N2O4/c1-16(2,3)23-15(21)19-12-10-18(11-13-19)14(20)17(22-4)8-6-5-7-9-17/h5-13H2,1-4H3. The molecule has 0 radical (unpaired) electrons. The highest BCUT2D eigenvalue weighted by atomic mass is 16.6. The first kappa shape index (κ1) is 18.0. The zero-order valence-electron chi connectivity index (χ0n) is 14.9. The third-order valence-corrected chi connectivity index (χ3v) is 4.66. The fourth-order valence-corrected chi connectivity index (χ4v) is 3.33. The van der Waals surface area contributed by atoms with Crippen LogP contribution in [0.4, 0.5) is 4.79 Å². The first-order chi connectivity index (χ1) is 10.8. The fourth-order valence-electron chi connectivity index (χ4n) is 3.33. The van der Waals surface area contributed by atoms with Crippen LogP contribution >= 0.6 is 0 Å². The Morgan fingerprint density at radius 3 is 1.91 bits per heavy atom. The average molecular weight is 326 g/mol. The molecule has 2 amide bonds. The lowest BCUT2D eigenvalue weighted by molar-refractivity contribution is -0.160. The molecular weight excluding hydrogens is 296 g/mol. The monoisotopic (exact) mass is 326 g/mol. The van der Waals surface area contributed by atoms with Crippen LogP contribution in [-0.4, -0.2) is 66.3 Å². The number of carbonyl (C=O) groups excluding carboxylic acids is 2. The molecule has 132 valence electrons. The van der Waals surface area contributed by atoms with Crippen molar-refractivity contribution < 1.29 is 19.1 Å². The van der Waals surface area contributed by atoms with E-state index in [9.17, 15) is 9.59 Å². The second-order valence-electron chi connectivity index (χ2n) is 7.52. The van der Waals surface area contributed by atoms with E-state index >= 15 is 0 Å². The smallest absolute Gasteiger partial charge is 0.410 e. The van der Waals surface area contributed by atoms with E-state index in [1.807, 2.05) is 25.7 Å². The first-order valence-corrected chi connectivity index (χ1v) is 8.60. The van der Waals surface area contributed by atoms with Gasteiger partial charge in [0.15, 0.2) is 0 Å². The van der Waals surface area contributed by atoms with Gasteiger partial charge in [-0.3, -0.25) is 4.79 Å². The number of amides is 2. The summed E-state index contributed by atoms with van der Waals surface area (Å²) in [6, 6.07) is 0. The van der Waals surface area contributed by atoms with Crippen LogP contribution < -0.4 is 0 Å². The molecule has 2 fully saturated rings. The molecule has 1 aliphatic carbocycles. The maximum Gasteiger partial charge on any atom is 0.410 e. The Morgan fingerprint density at radius 2 is 1.43 bits per heavy atom. The lowest BCUT2D eigenvalue weighted by Crippen LogP contribution is -2.58. The molecule has 1 aliphatic heterocycles. The summed E-state index contributed by atoms with van der Waals surface area (Å²) in [6.45, 7) is 7.69. The minimum Gasteiger partial charge on any atom is -0.444 e. The molecule has 2 aliphatic rings. The number of methoxy groups -OCH3 is 1. The van der Waals surface area contributed by atoms with Crippen LogP contribution in [0.3, 0.4) is 0 Å². The number of hydrogen-bond donors (Lipinski definition) is 0. The number of piperazine rings is 1. The molecule has 2 rings (SSSR count). The van der Waals surface area contributed by atoms with Gasteiger partial charge in [-0.25, -0.2) is 4.79 Å². The van der Waals surface area contributed by atoms with Crippen molar-refractivity contribution in [3.8, 4) is 0 Å². The number of rotatable bonds is 2. The van der Waals surface area contributed by atoms with E-state index in [0.717, 1.165) is 25.7 Å². The summed E-state index contributed by atoms with van der Waals surface area (Å²) in [4.78, 5) is 28.5. The largest absolute Gasteiger partial charge is 0.444 e. The molecule has 6 nitrogen and oxygen atoms in total. The van der Waals surface area contributed by atoms with Gasteiger partial charge in [-0.2, -0.15) is 0 Å². The van der Waals surface area contributed by atoms with Crippen LogP contribution in [0.1, 0.15) is 52.9 Å². The summed E-state index contributed by atoms with van der Waals surface area (Å²) in [7, 11) is 1.64. The minimum atomic E-state index is -0.646. The van der Waals surface area contributed by atoms with E-state index in [1.165, 1.54) is 6.42 Å². The SMILES string of the molecule is COC1(C(=O)N2CCN(C(=O)OC(C)(C)C)CC2)CCCCC1. The molecule has 0 spiro atoms. The Bertz CT molecular complexity index is 430. The van der Waals surface area contributed by atoms with Crippen LogP contribution in [0.5, 0.6) is 0 Å². The topological polar surface area (TPSA) is 59.1 Å². The van der Waals surface area contributed by atoms with Crippen molar-refractivity contribution in [3.63, 3.8) is 0 Å². The Labute approximate surface area is 139 Å². The van der Waals surface area contributed by atoms with E-state index in [1.54, 1.807) is 12.0 Å². The van der Waals surface area contributed by atoms with E-state index in [4.69, 9.17) is 9.47 Å². The summed E-state index contributed by atoms with van der Waals surface area (Å²) < 4.78 is 11.0.